The number of esters is 1. The Hall–Kier alpha value is -2.41. The van der Waals surface area contributed by atoms with E-state index in [9.17, 15) is 9.59 Å². The summed E-state index contributed by atoms with van der Waals surface area (Å²) >= 11 is 3.43. The van der Waals surface area contributed by atoms with E-state index in [1.807, 2.05) is 26.1 Å². The Morgan fingerprint density at radius 3 is 2.48 bits per heavy atom. The molecule has 0 radical (unpaired) electrons. The maximum Gasteiger partial charge on any atom is 0.408 e. The minimum Gasteiger partial charge on any atom is -0.468 e. The summed E-state index contributed by atoms with van der Waals surface area (Å²) in [6.07, 6.45) is 4.35. The second kappa shape index (κ2) is 9.50. The molecule has 0 aliphatic rings. The molecule has 2 aromatic rings. The third kappa shape index (κ3) is 7.02. The van der Waals surface area contributed by atoms with E-state index in [0.717, 1.165) is 27.6 Å². The van der Waals surface area contributed by atoms with Gasteiger partial charge in [-0.05, 0) is 59.8 Å². The number of nitrogens with zero attached hydrogens (tertiary/aromatic N) is 1. The predicted molar refractivity (Wildman–Crippen MR) is 106 cm³/mol. The molecule has 0 spiro atoms. The predicted octanol–water partition coefficient (Wildman–Crippen LogP) is 4.12. The molecule has 1 aromatic heterocycles. The SMILES string of the molecule is COC(=O)CNC(=O)OC(C)(C)CCc1ccc(-c2cncc(Br)c2)cc1. The molecule has 144 valence electrons. The molecule has 0 atom stereocenters. The molecule has 1 amide bonds. The summed E-state index contributed by atoms with van der Waals surface area (Å²) in [6, 6.07) is 10.2. The monoisotopic (exact) mass is 434 g/mol. The molecule has 6 nitrogen and oxygen atoms in total. The Bertz CT molecular complexity index is 791. The fourth-order valence-corrected chi connectivity index (χ4v) is 2.80. The molecule has 0 aliphatic carbocycles. The maximum absolute atomic E-state index is 11.8. The highest BCUT2D eigenvalue weighted by Gasteiger charge is 2.23. The van der Waals surface area contributed by atoms with Crippen LogP contribution in [0.5, 0.6) is 0 Å². The molecule has 27 heavy (non-hydrogen) atoms. The Labute approximate surface area is 167 Å². The summed E-state index contributed by atoms with van der Waals surface area (Å²) in [7, 11) is 1.26. The number of ether oxygens (including phenoxy) is 2. The number of pyridine rings is 1. The van der Waals surface area contributed by atoms with Gasteiger partial charge in [-0.1, -0.05) is 24.3 Å². The number of methoxy groups -OCH3 is 1. The molecular formula is C20H23BrN2O4. The zero-order valence-electron chi connectivity index (χ0n) is 15.6. The largest absolute Gasteiger partial charge is 0.468 e. The number of benzene rings is 1. The first kappa shape index (κ1) is 20.9. The zero-order valence-corrected chi connectivity index (χ0v) is 17.2. The molecule has 1 heterocycles. The van der Waals surface area contributed by atoms with Crippen LogP contribution in [0, 0.1) is 0 Å². The summed E-state index contributed by atoms with van der Waals surface area (Å²) in [5.74, 6) is -0.523. The normalized spacial score (nSPS) is 11.0. The highest BCUT2D eigenvalue weighted by atomic mass is 79.9. The van der Waals surface area contributed by atoms with Crippen molar-refractivity contribution in [2.75, 3.05) is 13.7 Å². The number of alkyl carbamates (subject to hydrolysis) is 1. The minimum absolute atomic E-state index is 0.211. The number of rotatable bonds is 7. The first-order valence-electron chi connectivity index (χ1n) is 8.52. The summed E-state index contributed by atoms with van der Waals surface area (Å²) in [5.41, 5.74) is 2.62. The maximum atomic E-state index is 11.8. The molecule has 0 saturated heterocycles. The van der Waals surface area contributed by atoms with E-state index >= 15 is 0 Å². The van der Waals surface area contributed by atoms with Gasteiger partial charge in [-0.3, -0.25) is 9.78 Å². The van der Waals surface area contributed by atoms with Crippen LogP contribution in [0.2, 0.25) is 0 Å². The molecule has 0 aliphatic heterocycles. The number of aryl methyl sites for hydroxylation is 1. The van der Waals surface area contributed by atoms with Gasteiger partial charge >= 0.3 is 12.1 Å². The van der Waals surface area contributed by atoms with E-state index < -0.39 is 17.7 Å². The van der Waals surface area contributed by atoms with Crippen LogP contribution in [0.3, 0.4) is 0 Å². The summed E-state index contributed by atoms with van der Waals surface area (Å²) in [5, 5.41) is 2.37. The molecular weight excluding hydrogens is 412 g/mol. The average Bonchev–Trinajstić information content (AvgIpc) is 2.64. The van der Waals surface area contributed by atoms with Gasteiger partial charge in [0.15, 0.2) is 0 Å². The first-order valence-corrected chi connectivity index (χ1v) is 9.32. The van der Waals surface area contributed by atoms with E-state index in [1.54, 1.807) is 6.20 Å². The molecule has 1 aromatic carbocycles. The topological polar surface area (TPSA) is 77.5 Å². The standard InChI is InChI=1S/C20H23BrN2O4/c1-20(2,27-19(25)23-13-18(24)26-3)9-8-14-4-6-15(7-5-14)16-10-17(21)12-22-11-16/h4-7,10-12H,8-9,13H2,1-3H3,(H,23,25). The van der Waals surface area contributed by atoms with E-state index in [2.05, 4.69) is 55.2 Å². The third-order valence-electron chi connectivity index (χ3n) is 3.98. The Morgan fingerprint density at radius 2 is 1.85 bits per heavy atom. The van der Waals surface area contributed by atoms with Crippen molar-refractivity contribution in [1.82, 2.24) is 10.3 Å². The smallest absolute Gasteiger partial charge is 0.408 e. The lowest BCUT2D eigenvalue weighted by Crippen LogP contribution is -2.37. The molecule has 0 bridgehead atoms. The van der Waals surface area contributed by atoms with Crippen LogP contribution < -0.4 is 5.32 Å². The molecule has 1 N–H and O–H groups in total. The number of nitrogens with one attached hydrogen (secondary N) is 1. The van der Waals surface area contributed by atoms with Crippen molar-refractivity contribution in [2.24, 2.45) is 0 Å². The van der Waals surface area contributed by atoms with Gasteiger partial charge in [-0.25, -0.2) is 4.79 Å². The molecule has 7 heteroatoms. The minimum atomic E-state index is -0.660. The summed E-state index contributed by atoms with van der Waals surface area (Å²) in [4.78, 5) is 27.0. The first-order chi connectivity index (χ1) is 12.8. The third-order valence-corrected chi connectivity index (χ3v) is 4.42. The fourth-order valence-electron chi connectivity index (χ4n) is 2.43. The van der Waals surface area contributed by atoms with Gasteiger partial charge in [0.05, 0.1) is 7.11 Å². The number of hydrogen-bond acceptors (Lipinski definition) is 5. The lowest BCUT2D eigenvalue weighted by atomic mass is 9.97. The van der Waals surface area contributed by atoms with E-state index in [4.69, 9.17) is 4.74 Å². The van der Waals surface area contributed by atoms with Gasteiger partial charge in [0, 0.05) is 22.4 Å². The number of halogens is 1. The van der Waals surface area contributed by atoms with Crippen LogP contribution in [0.1, 0.15) is 25.8 Å². The van der Waals surface area contributed by atoms with Crippen molar-refractivity contribution in [3.05, 3.63) is 52.8 Å². The Balaban J connectivity index is 1.87. The number of hydrogen-bond donors (Lipinski definition) is 1. The highest BCUT2D eigenvalue weighted by molar-refractivity contribution is 9.10. The van der Waals surface area contributed by atoms with Crippen LogP contribution in [-0.2, 0) is 20.7 Å². The zero-order chi connectivity index (χ0) is 19.9. The lowest BCUT2D eigenvalue weighted by molar-refractivity contribution is -0.139. The fraction of sp³-hybridized carbons (Fsp3) is 0.350. The lowest BCUT2D eigenvalue weighted by Gasteiger charge is -2.25. The number of carbonyl (C=O) groups excluding carboxylic acids is 2. The van der Waals surface area contributed by atoms with Gasteiger partial charge in [0.1, 0.15) is 12.1 Å². The van der Waals surface area contributed by atoms with Crippen molar-refractivity contribution >= 4 is 28.0 Å². The van der Waals surface area contributed by atoms with Crippen molar-refractivity contribution in [3.8, 4) is 11.1 Å². The van der Waals surface area contributed by atoms with Gasteiger partial charge < -0.3 is 14.8 Å². The summed E-state index contributed by atoms with van der Waals surface area (Å²) < 4.78 is 10.8. The van der Waals surface area contributed by atoms with Gasteiger partial charge in [0.25, 0.3) is 0 Å². The van der Waals surface area contributed by atoms with Crippen LogP contribution in [0.15, 0.2) is 47.2 Å². The molecule has 0 fully saturated rings. The molecule has 0 unspecified atom stereocenters. The van der Waals surface area contributed by atoms with Crippen molar-refractivity contribution in [1.29, 1.82) is 0 Å². The van der Waals surface area contributed by atoms with Gasteiger partial charge in [-0.2, -0.15) is 0 Å². The van der Waals surface area contributed by atoms with Crippen molar-refractivity contribution in [2.45, 2.75) is 32.3 Å². The van der Waals surface area contributed by atoms with Gasteiger partial charge in [0.2, 0.25) is 0 Å². The number of amides is 1. The van der Waals surface area contributed by atoms with Crippen molar-refractivity contribution in [3.63, 3.8) is 0 Å². The second-order valence-electron chi connectivity index (χ2n) is 6.67. The summed E-state index contributed by atoms with van der Waals surface area (Å²) in [6.45, 7) is 3.47. The average molecular weight is 435 g/mol. The highest BCUT2D eigenvalue weighted by Crippen LogP contribution is 2.24. The van der Waals surface area contributed by atoms with E-state index in [-0.39, 0.29) is 6.54 Å². The molecule has 0 saturated carbocycles. The number of carbonyl (C=O) groups is 2. The van der Waals surface area contributed by atoms with E-state index in [0.29, 0.717) is 6.42 Å². The Morgan fingerprint density at radius 1 is 1.15 bits per heavy atom. The van der Waals surface area contributed by atoms with Crippen LogP contribution >= 0.6 is 15.9 Å². The number of aromatic nitrogens is 1. The van der Waals surface area contributed by atoms with Gasteiger partial charge in [-0.15, -0.1) is 0 Å². The van der Waals surface area contributed by atoms with E-state index in [1.165, 1.54) is 7.11 Å². The Kier molecular flexibility index (Phi) is 7.36. The van der Waals surface area contributed by atoms with Crippen LogP contribution in [0.4, 0.5) is 4.79 Å². The van der Waals surface area contributed by atoms with Crippen LogP contribution in [-0.4, -0.2) is 36.3 Å². The second-order valence-corrected chi connectivity index (χ2v) is 7.58. The van der Waals surface area contributed by atoms with Crippen molar-refractivity contribution < 1.29 is 19.1 Å². The quantitative estimate of drug-likeness (QED) is 0.662. The van der Waals surface area contributed by atoms with Crippen LogP contribution in [0.25, 0.3) is 11.1 Å². The molecule has 2 rings (SSSR count).